The van der Waals surface area contributed by atoms with Crippen LogP contribution in [0.2, 0.25) is 0 Å². The van der Waals surface area contributed by atoms with Crippen molar-refractivity contribution < 1.29 is 17.9 Å². The molecule has 8 heteroatoms. The van der Waals surface area contributed by atoms with Gasteiger partial charge in [0.15, 0.2) is 11.5 Å². The number of imidazole rings is 1. The lowest BCUT2D eigenvalue weighted by molar-refractivity contribution is 0.171. The van der Waals surface area contributed by atoms with Crippen molar-refractivity contribution >= 4 is 10.0 Å². The fourth-order valence-electron chi connectivity index (χ4n) is 4.13. The fourth-order valence-corrected chi connectivity index (χ4v) is 5.67. The van der Waals surface area contributed by atoms with Gasteiger partial charge in [-0.05, 0) is 45.2 Å². The van der Waals surface area contributed by atoms with Gasteiger partial charge in [0.1, 0.15) is 19.0 Å². The molecule has 1 aromatic heterocycles. The molecular formula is C20H27N3O4S. The highest BCUT2D eigenvalue weighted by atomic mass is 32.2. The summed E-state index contributed by atoms with van der Waals surface area (Å²) in [6.45, 7) is 8.31. The van der Waals surface area contributed by atoms with Crippen LogP contribution in [0.25, 0.3) is 0 Å². The van der Waals surface area contributed by atoms with Crippen LogP contribution in [0.4, 0.5) is 0 Å². The molecular weight excluding hydrogens is 378 g/mol. The molecule has 152 valence electrons. The number of benzene rings is 1. The van der Waals surface area contributed by atoms with Crippen molar-refractivity contribution in [1.82, 2.24) is 13.9 Å². The van der Waals surface area contributed by atoms with E-state index in [0.717, 1.165) is 24.4 Å². The molecule has 0 N–H and O–H groups in total. The summed E-state index contributed by atoms with van der Waals surface area (Å²) in [7, 11) is -3.55. The molecule has 2 aliphatic heterocycles. The number of aromatic nitrogens is 2. The van der Waals surface area contributed by atoms with E-state index >= 15 is 0 Å². The number of rotatable bonds is 5. The Morgan fingerprint density at radius 1 is 1.21 bits per heavy atom. The fraction of sp³-hybridized carbons (Fsp3) is 0.550. The third kappa shape index (κ3) is 3.51. The second-order valence-electron chi connectivity index (χ2n) is 7.81. The van der Waals surface area contributed by atoms with E-state index in [2.05, 4.69) is 30.3 Å². The molecule has 7 nitrogen and oxygen atoms in total. The summed E-state index contributed by atoms with van der Waals surface area (Å²) in [5, 5.41) is 0. The lowest BCUT2D eigenvalue weighted by Gasteiger charge is -2.21. The maximum Gasteiger partial charge on any atom is 0.243 e. The van der Waals surface area contributed by atoms with Crippen LogP contribution in [0, 0.1) is 12.8 Å². The Morgan fingerprint density at radius 3 is 2.71 bits per heavy atom. The Bertz CT molecular complexity index is 968. The normalized spacial score (nSPS) is 20.1. The summed E-state index contributed by atoms with van der Waals surface area (Å²) >= 11 is 0. The van der Waals surface area contributed by atoms with Crippen molar-refractivity contribution in [3.63, 3.8) is 0 Å². The molecule has 1 aromatic carbocycles. The molecule has 28 heavy (non-hydrogen) atoms. The lowest BCUT2D eigenvalue weighted by Crippen LogP contribution is -2.29. The van der Waals surface area contributed by atoms with Gasteiger partial charge in [-0.2, -0.15) is 4.31 Å². The van der Waals surface area contributed by atoms with E-state index in [1.165, 1.54) is 0 Å². The summed E-state index contributed by atoms with van der Waals surface area (Å²) in [6.07, 6.45) is 3.53. The molecule has 0 bridgehead atoms. The Hall–Kier alpha value is -2.06. The number of hydrogen-bond acceptors (Lipinski definition) is 5. The number of nitrogens with zero attached hydrogens (tertiary/aromatic N) is 3. The van der Waals surface area contributed by atoms with E-state index in [9.17, 15) is 8.42 Å². The zero-order chi connectivity index (χ0) is 19.9. The molecule has 4 rings (SSSR count). The van der Waals surface area contributed by atoms with E-state index in [4.69, 9.17) is 9.47 Å². The first kappa shape index (κ1) is 19.3. The molecule has 0 amide bonds. The summed E-state index contributed by atoms with van der Waals surface area (Å²) in [6, 6.07) is 5.20. The first-order valence-corrected chi connectivity index (χ1v) is 11.2. The quantitative estimate of drug-likeness (QED) is 0.765. The average molecular weight is 406 g/mol. The molecule has 1 fully saturated rings. The second kappa shape index (κ2) is 7.40. The molecule has 1 unspecified atom stereocenters. The monoisotopic (exact) mass is 405 g/mol. The minimum absolute atomic E-state index is 0.261. The maximum absolute atomic E-state index is 13.1. The van der Waals surface area contributed by atoms with Gasteiger partial charge in [0.05, 0.1) is 4.90 Å². The lowest BCUT2D eigenvalue weighted by atomic mass is 10.0. The minimum atomic E-state index is -3.55. The number of hydrogen-bond donors (Lipinski definition) is 0. The van der Waals surface area contributed by atoms with Gasteiger partial charge >= 0.3 is 0 Å². The van der Waals surface area contributed by atoms with Crippen LogP contribution in [0.15, 0.2) is 29.3 Å². The van der Waals surface area contributed by atoms with Gasteiger partial charge in [-0.15, -0.1) is 0 Å². The van der Waals surface area contributed by atoms with Gasteiger partial charge in [0.2, 0.25) is 10.0 Å². The zero-order valence-corrected chi connectivity index (χ0v) is 17.4. The highest BCUT2D eigenvalue weighted by Gasteiger charge is 2.34. The molecule has 2 aromatic rings. The third-order valence-electron chi connectivity index (χ3n) is 5.45. The summed E-state index contributed by atoms with van der Waals surface area (Å²) in [5.41, 5.74) is 1.14. The van der Waals surface area contributed by atoms with Crippen molar-refractivity contribution in [1.29, 1.82) is 0 Å². The Kier molecular flexibility index (Phi) is 5.09. The van der Waals surface area contributed by atoms with Gasteiger partial charge in [0.25, 0.3) is 0 Å². The Balaban J connectivity index is 1.49. The summed E-state index contributed by atoms with van der Waals surface area (Å²) < 4.78 is 41.1. The van der Waals surface area contributed by atoms with Gasteiger partial charge < -0.3 is 14.0 Å². The summed E-state index contributed by atoms with van der Waals surface area (Å²) in [5.74, 6) is 2.40. The van der Waals surface area contributed by atoms with E-state index in [1.54, 1.807) is 22.5 Å². The van der Waals surface area contributed by atoms with Crippen LogP contribution < -0.4 is 9.47 Å². The Morgan fingerprint density at radius 2 is 1.96 bits per heavy atom. The van der Waals surface area contributed by atoms with E-state index in [0.29, 0.717) is 43.8 Å². The van der Waals surface area contributed by atoms with E-state index in [1.807, 2.05) is 6.20 Å². The predicted molar refractivity (Wildman–Crippen MR) is 105 cm³/mol. The number of aryl methyl sites for hydroxylation is 1. The van der Waals surface area contributed by atoms with Gasteiger partial charge in [-0.3, -0.25) is 0 Å². The molecule has 2 aliphatic rings. The summed E-state index contributed by atoms with van der Waals surface area (Å²) in [4.78, 5) is 4.82. The smallest absolute Gasteiger partial charge is 0.243 e. The minimum Gasteiger partial charge on any atom is -0.486 e. The van der Waals surface area contributed by atoms with Crippen LogP contribution in [0.1, 0.15) is 37.8 Å². The van der Waals surface area contributed by atoms with Crippen LogP contribution in [0.3, 0.4) is 0 Å². The molecule has 0 spiro atoms. The van der Waals surface area contributed by atoms with E-state index < -0.39 is 10.0 Å². The molecule has 1 saturated heterocycles. The van der Waals surface area contributed by atoms with Crippen LogP contribution in [0.5, 0.6) is 11.5 Å². The molecule has 0 saturated carbocycles. The highest BCUT2D eigenvalue weighted by molar-refractivity contribution is 7.89. The first-order valence-electron chi connectivity index (χ1n) is 9.79. The Labute approximate surface area is 166 Å². The first-order chi connectivity index (χ1) is 13.4. The van der Waals surface area contributed by atoms with Gasteiger partial charge in [-0.1, -0.05) is 0 Å². The average Bonchev–Trinajstić information content (AvgIpc) is 3.29. The topological polar surface area (TPSA) is 73.7 Å². The third-order valence-corrected chi connectivity index (χ3v) is 7.31. The zero-order valence-electron chi connectivity index (χ0n) is 16.6. The van der Waals surface area contributed by atoms with Crippen molar-refractivity contribution in [2.45, 2.75) is 44.6 Å². The molecule has 0 radical (unpaired) electrons. The number of ether oxygens (including phenoxy) is 2. The second-order valence-corrected chi connectivity index (χ2v) is 9.74. The van der Waals surface area contributed by atoms with Crippen molar-refractivity contribution in [3.8, 4) is 11.5 Å². The predicted octanol–water partition coefficient (Wildman–Crippen LogP) is 2.80. The molecule has 3 heterocycles. The molecule has 1 atom stereocenters. The maximum atomic E-state index is 13.1. The number of fused-ring (bicyclic) bond motifs is 1. The largest absolute Gasteiger partial charge is 0.486 e. The SMILES string of the molecule is Cc1cnc(CC2CCN(S(=O)(=O)c3ccc4c(c3)OCCO4)C2)n1C(C)C. The van der Waals surface area contributed by atoms with Crippen molar-refractivity contribution in [2.75, 3.05) is 26.3 Å². The van der Waals surface area contributed by atoms with Crippen molar-refractivity contribution in [2.24, 2.45) is 5.92 Å². The highest BCUT2D eigenvalue weighted by Crippen LogP contribution is 2.34. The molecule has 0 aliphatic carbocycles. The van der Waals surface area contributed by atoms with Gasteiger partial charge in [-0.25, -0.2) is 13.4 Å². The number of sulfonamides is 1. The van der Waals surface area contributed by atoms with Crippen LogP contribution in [-0.4, -0.2) is 48.6 Å². The standard InChI is InChI=1S/C20H27N3O4S/c1-14(2)23-15(3)12-21-20(23)10-16-6-7-22(13-16)28(24,25)17-4-5-18-19(11-17)27-9-8-26-18/h4-5,11-12,14,16H,6-10,13H2,1-3H3. The van der Waals surface area contributed by atoms with Gasteiger partial charge in [0, 0.05) is 43.5 Å². The van der Waals surface area contributed by atoms with Crippen molar-refractivity contribution in [3.05, 3.63) is 35.9 Å². The van der Waals surface area contributed by atoms with E-state index in [-0.39, 0.29) is 10.8 Å². The van der Waals surface area contributed by atoms with Crippen LogP contribution >= 0.6 is 0 Å². The van der Waals surface area contributed by atoms with Crippen LogP contribution in [-0.2, 0) is 16.4 Å².